The quantitative estimate of drug-likeness (QED) is 0.369. The van der Waals surface area contributed by atoms with Gasteiger partial charge in [0.05, 0.1) is 30.8 Å². The van der Waals surface area contributed by atoms with E-state index in [-0.39, 0.29) is 11.9 Å². The van der Waals surface area contributed by atoms with Gasteiger partial charge in [-0.1, -0.05) is 0 Å². The van der Waals surface area contributed by atoms with Gasteiger partial charge in [0, 0.05) is 80.6 Å². The molecule has 1 aromatic carbocycles. The van der Waals surface area contributed by atoms with Crippen LogP contribution in [-0.2, 0) is 16.0 Å². The van der Waals surface area contributed by atoms with Crippen molar-refractivity contribution >= 4 is 29.2 Å². The summed E-state index contributed by atoms with van der Waals surface area (Å²) in [5.41, 5.74) is 5.56. The maximum absolute atomic E-state index is 12.2. The Kier molecular flexibility index (Phi) is 7.51. The summed E-state index contributed by atoms with van der Waals surface area (Å²) >= 11 is 0. The Bertz CT molecular complexity index is 1130. The summed E-state index contributed by atoms with van der Waals surface area (Å²) in [6.07, 6.45) is 6.28. The zero-order valence-corrected chi connectivity index (χ0v) is 20.4. The summed E-state index contributed by atoms with van der Waals surface area (Å²) < 4.78 is 5.53. The average molecular weight is 476 g/mol. The van der Waals surface area contributed by atoms with Gasteiger partial charge in [-0.3, -0.25) is 10.2 Å². The van der Waals surface area contributed by atoms with Crippen molar-refractivity contribution in [1.29, 1.82) is 16.1 Å². The third-order valence-electron chi connectivity index (χ3n) is 6.88. The van der Waals surface area contributed by atoms with Crippen molar-refractivity contribution in [3.8, 4) is 6.07 Å². The molecule has 0 radical (unpaired) electrons. The number of nitrogens with one attached hydrogen (secondary N) is 4. The van der Waals surface area contributed by atoms with E-state index in [1.54, 1.807) is 25.1 Å². The van der Waals surface area contributed by atoms with Crippen LogP contribution < -0.4 is 15.5 Å². The molecule has 0 saturated carbocycles. The average Bonchev–Trinajstić information content (AvgIpc) is 3.39. The van der Waals surface area contributed by atoms with Gasteiger partial charge in [0.25, 0.3) is 0 Å². The highest BCUT2D eigenvalue weighted by molar-refractivity contribution is 6.11. The number of ether oxygens (including phenoxy) is 1. The normalized spacial score (nSPS) is 20.3. The molecule has 0 aliphatic carbocycles. The predicted molar refractivity (Wildman–Crippen MR) is 137 cm³/mol. The van der Waals surface area contributed by atoms with Gasteiger partial charge in [-0.15, -0.1) is 0 Å². The molecule has 1 atom stereocenters. The van der Waals surface area contributed by atoms with Crippen molar-refractivity contribution in [2.75, 3.05) is 44.8 Å². The first-order chi connectivity index (χ1) is 17.0. The predicted octanol–water partition coefficient (Wildman–Crippen LogP) is 2.38. The summed E-state index contributed by atoms with van der Waals surface area (Å²) in [5, 5.41) is 33.4. The molecule has 0 bridgehead atoms. The zero-order chi connectivity index (χ0) is 24.9. The van der Waals surface area contributed by atoms with E-state index in [0.717, 1.165) is 48.4 Å². The number of anilines is 1. The van der Waals surface area contributed by atoms with Crippen molar-refractivity contribution in [2.24, 2.45) is 0 Å². The topological polar surface area (TPSA) is 128 Å². The number of allylic oxidation sites excluding steroid dienone is 1. The highest BCUT2D eigenvalue weighted by Gasteiger charge is 2.31. The number of nitriles is 1. The third kappa shape index (κ3) is 5.08. The van der Waals surface area contributed by atoms with E-state index in [9.17, 15) is 15.5 Å². The second kappa shape index (κ2) is 10.7. The van der Waals surface area contributed by atoms with Crippen LogP contribution in [0.5, 0.6) is 0 Å². The highest BCUT2D eigenvalue weighted by atomic mass is 16.5. The molecule has 1 amide bonds. The summed E-state index contributed by atoms with van der Waals surface area (Å²) in [6.45, 7) is 4.64. The lowest BCUT2D eigenvalue weighted by Gasteiger charge is -2.37. The van der Waals surface area contributed by atoms with Crippen LogP contribution in [0, 0.1) is 22.1 Å². The van der Waals surface area contributed by atoms with Crippen molar-refractivity contribution in [3.05, 3.63) is 46.3 Å². The highest BCUT2D eigenvalue weighted by Crippen LogP contribution is 2.34. The number of hydrogen-bond acceptors (Lipinski definition) is 7. The Morgan fingerprint density at radius 2 is 2.14 bits per heavy atom. The molecule has 3 aliphatic rings. The van der Waals surface area contributed by atoms with E-state index in [1.165, 1.54) is 6.21 Å². The summed E-state index contributed by atoms with van der Waals surface area (Å²) in [7, 11) is 1.77. The van der Waals surface area contributed by atoms with Gasteiger partial charge in [0.15, 0.2) is 0 Å². The Morgan fingerprint density at radius 1 is 1.31 bits per heavy atom. The van der Waals surface area contributed by atoms with Crippen LogP contribution in [0.3, 0.4) is 0 Å². The largest absolute Gasteiger partial charge is 0.393 e. The fraction of sp³-hybridized carbons (Fsp3) is 0.462. The maximum Gasteiger partial charge on any atom is 0.219 e. The SMILES string of the molecule is CN/C=C(\C=N)c1cc2c(cc1C#N)N(C(=N)C1=C(N[C@H]3CCOC3)CCN(C(C)=O)C1)CCC2. The van der Waals surface area contributed by atoms with Crippen LogP contribution in [0.15, 0.2) is 29.6 Å². The first kappa shape index (κ1) is 24.5. The number of nitrogens with zero attached hydrogens (tertiary/aromatic N) is 3. The second-order valence-corrected chi connectivity index (χ2v) is 9.13. The van der Waals surface area contributed by atoms with Crippen LogP contribution in [0.2, 0.25) is 0 Å². The molecule has 9 heteroatoms. The smallest absolute Gasteiger partial charge is 0.219 e. The fourth-order valence-corrected chi connectivity index (χ4v) is 5.02. The zero-order valence-electron chi connectivity index (χ0n) is 20.4. The number of amidine groups is 1. The molecule has 3 aliphatic heterocycles. The monoisotopic (exact) mass is 475 g/mol. The van der Waals surface area contributed by atoms with Gasteiger partial charge in [-0.05, 0) is 37.0 Å². The Balaban J connectivity index is 1.72. The summed E-state index contributed by atoms with van der Waals surface area (Å²) in [6, 6.07) is 6.32. The van der Waals surface area contributed by atoms with Crippen LogP contribution in [0.25, 0.3) is 5.57 Å². The molecule has 1 aromatic rings. The molecule has 1 saturated heterocycles. The molecule has 4 rings (SSSR count). The van der Waals surface area contributed by atoms with E-state index in [1.807, 2.05) is 17.0 Å². The van der Waals surface area contributed by atoms with Gasteiger partial charge < -0.3 is 30.6 Å². The first-order valence-corrected chi connectivity index (χ1v) is 12.1. The number of carbonyl (C=O) groups excluding carboxylic acids is 1. The lowest BCUT2D eigenvalue weighted by molar-refractivity contribution is -0.128. The number of benzene rings is 1. The van der Waals surface area contributed by atoms with Crippen molar-refractivity contribution in [1.82, 2.24) is 15.5 Å². The molecule has 184 valence electrons. The number of aryl methyl sites for hydroxylation is 1. The van der Waals surface area contributed by atoms with Crippen LogP contribution in [0.1, 0.15) is 42.9 Å². The van der Waals surface area contributed by atoms with Gasteiger partial charge in [-0.2, -0.15) is 5.26 Å². The van der Waals surface area contributed by atoms with E-state index >= 15 is 0 Å². The number of amides is 1. The molecule has 3 heterocycles. The molecular formula is C26H33N7O2. The van der Waals surface area contributed by atoms with E-state index in [4.69, 9.17) is 10.1 Å². The van der Waals surface area contributed by atoms with E-state index in [2.05, 4.69) is 16.7 Å². The second-order valence-electron chi connectivity index (χ2n) is 9.13. The lowest BCUT2D eigenvalue weighted by Crippen LogP contribution is -2.46. The van der Waals surface area contributed by atoms with E-state index in [0.29, 0.717) is 55.2 Å². The molecule has 9 nitrogen and oxygen atoms in total. The molecule has 4 N–H and O–H groups in total. The van der Waals surface area contributed by atoms with Gasteiger partial charge in [-0.25, -0.2) is 0 Å². The number of carbonyl (C=O) groups is 1. The van der Waals surface area contributed by atoms with Crippen molar-refractivity contribution < 1.29 is 9.53 Å². The number of fused-ring (bicyclic) bond motifs is 1. The number of rotatable bonds is 6. The molecule has 1 fully saturated rings. The van der Waals surface area contributed by atoms with Gasteiger partial charge in [0.1, 0.15) is 5.84 Å². The Morgan fingerprint density at radius 3 is 2.80 bits per heavy atom. The number of hydrogen-bond donors (Lipinski definition) is 4. The summed E-state index contributed by atoms with van der Waals surface area (Å²) in [5.74, 6) is 0.373. The first-order valence-electron chi connectivity index (χ1n) is 12.1. The Hall–Kier alpha value is -3.64. The molecule has 0 aromatic heterocycles. The maximum atomic E-state index is 12.2. The standard InChI is InChI=1S/C26H33N7O2/c1-17(34)32-8-5-24(31-21-6-9-35-16-21)23(15-32)26(29)33-7-3-4-18-10-22(20(13-28)14-30-2)19(12-27)11-25(18)33/h10-11,13-14,21,28-31H,3-9,15-16H2,1-2H3/b20-14+,28-13?,29-26?/t21-/m0/s1. The van der Waals surface area contributed by atoms with E-state index < -0.39 is 0 Å². The molecule has 0 spiro atoms. The van der Waals surface area contributed by atoms with Gasteiger partial charge in [0.2, 0.25) is 5.91 Å². The van der Waals surface area contributed by atoms with Crippen molar-refractivity contribution in [3.63, 3.8) is 0 Å². The van der Waals surface area contributed by atoms with Crippen molar-refractivity contribution in [2.45, 2.75) is 38.6 Å². The molecular weight excluding hydrogens is 442 g/mol. The molecule has 0 unspecified atom stereocenters. The molecule has 35 heavy (non-hydrogen) atoms. The van der Waals surface area contributed by atoms with Gasteiger partial charge >= 0.3 is 0 Å². The third-order valence-corrected chi connectivity index (χ3v) is 6.88. The van der Waals surface area contributed by atoms with Crippen LogP contribution in [-0.4, -0.2) is 68.8 Å². The lowest BCUT2D eigenvalue weighted by atomic mass is 9.92. The fourth-order valence-electron chi connectivity index (χ4n) is 5.02. The minimum Gasteiger partial charge on any atom is -0.393 e. The van der Waals surface area contributed by atoms with Crippen LogP contribution in [0.4, 0.5) is 5.69 Å². The van der Waals surface area contributed by atoms with Crippen LogP contribution >= 0.6 is 0 Å². The Labute approximate surface area is 206 Å². The minimum absolute atomic E-state index is 0.00416. The summed E-state index contributed by atoms with van der Waals surface area (Å²) in [4.78, 5) is 15.9. The minimum atomic E-state index is 0.00416.